The third kappa shape index (κ3) is 1.97. The number of rotatable bonds is 1. The quantitative estimate of drug-likeness (QED) is 0.593. The molecule has 3 nitrogen and oxygen atoms in total. The second-order valence-electron chi connectivity index (χ2n) is 2.07. The van der Waals surface area contributed by atoms with Crippen molar-refractivity contribution in [2.45, 2.75) is 0 Å². The Morgan fingerprint density at radius 2 is 2.25 bits per heavy atom. The van der Waals surface area contributed by atoms with Gasteiger partial charge >= 0.3 is 0 Å². The van der Waals surface area contributed by atoms with Crippen LogP contribution in [0.15, 0.2) is 22.7 Å². The molecular weight excluding hydrogens is 245 g/mol. The van der Waals surface area contributed by atoms with Crippen molar-refractivity contribution in [1.82, 2.24) is 5.48 Å². The minimum absolute atomic E-state index is 0.335. The Balaban J connectivity index is 3.09. The van der Waals surface area contributed by atoms with Crippen LogP contribution in [0.3, 0.4) is 0 Å². The van der Waals surface area contributed by atoms with Gasteiger partial charge in [0.05, 0.1) is 5.56 Å². The van der Waals surface area contributed by atoms with Crippen LogP contribution >= 0.6 is 27.5 Å². The molecular formula is C7H5BrClNO2. The lowest BCUT2D eigenvalue weighted by atomic mass is 10.2. The molecule has 1 aromatic rings. The van der Waals surface area contributed by atoms with E-state index in [4.69, 9.17) is 16.8 Å². The molecule has 12 heavy (non-hydrogen) atoms. The van der Waals surface area contributed by atoms with E-state index in [1.165, 1.54) is 11.5 Å². The topological polar surface area (TPSA) is 49.3 Å². The van der Waals surface area contributed by atoms with Gasteiger partial charge in [-0.1, -0.05) is 11.6 Å². The summed E-state index contributed by atoms with van der Waals surface area (Å²) in [6, 6.07) is 4.65. The molecule has 0 aliphatic carbocycles. The van der Waals surface area contributed by atoms with Crippen molar-refractivity contribution in [3.05, 3.63) is 33.3 Å². The maximum Gasteiger partial charge on any atom is 0.275 e. The number of carbonyl (C=O) groups is 1. The normalized spacial score (nSPS) is 9.58. The van der Waals surface area contributed by atoms with Crippen LogP contribution in [0.2, 0.25) is 5.02 Å². The molecule has 0 atom stereocenters. The lowest BCUT2D eigenvalue weighted by Crippen LogP contribution is -2.18. The fraction of sp³-hybridized carbons (Fsp3) is 0. The standard InChI is InChI=1S/C7H5BrClNO2/c8-6-3-4(9)1-2-5(6)7(11)10-12/h1-3,12H,(H,10,11). The van der Waals surface area contributed by atoms with Gasteiger partial charge in [-0.05, 0) is 34.1 Å². The van der Waals surface area contributed by atoms with E-state index in [0.29, 0.717) is 15.1 Å². The van der Waals surface area contributed by atoms with Crippen molar-refractivity contribution >= 4 is 33.4 Å². The third-order valence-corrected chi connectivity index (χ3v) is 2.17. The van der Waals surface area contributed by atoms with Crippen molar-refractivity contribution in [2.24, 2.45) is 0 Å². The summed E-state index contributed by atoms with van der Waals surface area (Å²) in [7, 11) is 0. The zero-order chi connectivity index (χ0) is 9.14. The number of hydrogen-bond donors (Lipinski definition) is 2. The van der Waals surface area contributed by atoms with E-state index in [9.17, 15) is 4.79 Å². The highest BCUT2D eigenvalue weighted by Crippen LogP contribution is 2.21. The predicted octanol–water partition coefficient (Wildman–Crippen LogP) is 2.22. The van der Waals surface area contributed by atoms with E-state index in [2.05, 4.69) is 15.9 Å². The maximum atomic E-state index is 10.9. The van der Waals surface area contributed by atoms with Crippen LogP contribution in [0, 0.1) is 0 Å². The molecule has 0 heterocycles. The highest BCUT2D eigenvalue weighted by atomic mass is 79.9. The van der Waals surface area contributed by atoms with Gasteiger partial charge in [0.2, 0.25) is 0 Å². The summed E-state index contributed by atoms with van der Waals surface area (Å²) in [5.74, 6) is -0.571. The average molecular weight is 250 g/mol. The molecule has 0 fully saturated rings. The lowest BCUT2D eigenvalue weighted by Gasteiger charge is -2.01. The van der Waals surface area contributed by atoms with Gasteiger partial charge in [-0.2, -0.15) is 0 Å². The van der Waals surface area contributed by atoms with E-state index in [-0.39, 0.29) is 0 Å². The van der Waals surface area contributed by atoms with Gasteiger partial charge in [-0.25, -0.2) is 5.48 Å². The molecule has 0 spiro atoms. The van der Waals surface area contributed by atoms with Crippen LogP contribution in [0.5, 0.6) is 0 Å². The van der Waals surface area contributed by atoms with E-state index < -0.39 is 5.91 Å². The summed E-state index contributed by atoms with van der Waals surface area (Å²) in [6.45, 7) is 0. The number of halogens is 2. The molecule has 5 heteroatoms. The minimum atomic E-state index is -0.571. The zero-order valence-electron chi connectivity index (χ0n) is 5.84. The molecule has 1 rings (SSSR count). The first-order chi connectivity index (χ1) is 5.65. The first kappa shape index (κ1) is 9.51. The molecule has 0 aromatic heterocycles. The van der Waals surface area contributed by atoms with Gasteiger partial charge in [-0.15, -0.1) is 0 Å². The van der Waals surface area contributed by atoms with Crippen LogP contribution in [0.1, 0.15) is 10.4 Å². The highest BCUT2D eigenvalue weighted by Gasteiger charge is 2.08. The van der Waals surface area contributed by atoms with Gasteiger partial charge in [0.25, 0.3) is 5.91 Å². The maximum absolute atomic E-state index is 10.9. The molecule has 0 aliphatic rings. The SMILES string of the molecule is O=C(NO)c1ccc(Cl)cc1Br. The Morgan fingerprint density at radius 3 is 2.75 bits per heavy atom. The van der Waals surface area contributed by atoms with Crippen LogP contribution in [-0.2, 0) is 0 Å². The van der Waals surface area contributed by atoms with Crippen molar-refractivity contribution in [2.75, 3.05) is 0 Å². The molecule has 0 saturated carbocycles. The summed E-state index contributed by atoms with van der Waals surface area (Å²) >= 11 is 8.77. The summed E-state index contributed by atoms with van der Waals surface area (Å²) in [6.07, 6.45) is 0. The molecule has 0 radical (unpaired) electrons. The number of hydroxylamine groups is 1. The number of amides is 1. The Kier molecular flexibility index (Phi) is 3.08. The molecule has 0 aliphatic heterocycles. The third-order valence-electron chi connectivity index (χ3n) is 1.28. The molecule has 0 unspecified atom stereocenters. The Bertz CT molecular complexity index is 316. The first-order valence-electron chi connectivity index (χ1n) is 3.04. The van der Waals surface area contributed by atoms with Gasteiger partial charge < -0.3 is 0 Å². The second-order valence-corrected chi connectivity index (χ2v) is 3.36. The van der Waals surface area contributed by atoms with Gasteiger partial charge in [0.15, 0.2) is 0 Å². The Morgan fingerprint density at radius 1 is 1.58 bits per heavy atom. The fourth-order valence-electron chi connectivity index (χ4n) is 0.734. The van der Waals surface area contributed by atoms with Gasteiger partial charge in [0, 0.05) is 9.50 Å². The van der Waals surface area contributed by atoms with Crippen molar-refractivity contribution in [1.29, 1.82) is 0 Å². The number of hydrogen-bond acceptors (Lipinski definition) is 2. The average Bonchev–Trinajstić information content (AvgIpc) is 2.03. The first-order valence-corrected chi connectivity index (χ1v) is 4.21. The zero-order valence-corrected chi connectivity index (χ0v) is 8.19. The smallest absolute Gasteiger partial charge is 0.275 e. The summed E-state index contributed by atoms with van der Waals surface area (Å²) < 4.78 is 0.543. The molecule has 64 valence electrons. The second kappa shape index (κ2) is 3.89. The lowest BCUT2D eigenvalue weighted by molar-refractivity contribution is 0.0705. The molecule has 2 N–H and O–H groups in total. The van der Waals surface area contributed by atoms with Crippen LogP contribution < -0.4 is 5.48 Å². The van der Waals surface area contributed by atoms with Gasteiger partial charge in [-0.3, -0.25) is 10.0 Å². The number of nitrogens with one attached hydrogen (secondary N) is 1. The molecule has 1 aromatic carbocycles. The van der Waals surface area contributed by atoms with Crippen LogP contribution in [0.25, 0.3) is 0 Å². The van der Waals surface area contributed by atoms with Crippen LogP contribution in [-0.4, -0.2) is 11.1 Å². The van der Waals surface area contributed by atoms with E-state index in [1.54, 1.807) is 12.1 Å². The largest absolute Gasteiger partial charge is 0.288 e. The molecule has 0 saturated heterocycles. The van der Waals surface area contributed by atoms with E-state index >= 15 is 0 Å². The van der Waals surface area contributed by atoms with Crippen LogP contribution in [0.4, 0.5) is 0 Å². The summed E-state index contributed by atoms with van der Waals surface area (Å²) in [5, 5.41) is 8.85. The summed E-state index contributed by atoms with van der Waals surface area (Å²) in [4.78, 5) is 10.9. The van der Waals surface area contributed by atoms with Crippen molar-refractivity contribution < 1.29 is 10.0 Å². The van der Waals surface area contributed by atoms with Gasteiger partial charge in [0.1, 0.15) is 0 Å². The number of carbonyl (C=O) groups excluding carboxylic acids is 1. The van der Waals surface area contributed by atoms with E-state index in [0.717, 1.165) is 0 Å². The fourth-order valence-corrected chi connectivity index (χ4v) is 1.60. The predicted molar refractivity (Wildman–Crippen MR) is 48.4 cm³/mol. The molecule has 1 amide bonds. The monoisotopic (exact) mass is 249 g/mol. The number of benzene rings is 1. The Hall–Kier alpha value is -0.580. The van der Waals surface area contributed by atoms with Crippen molar-refractivity contribution in [3.63, 3.8) is 0 Å². The van der Waals surface area contributed by atoms with E-state index in [1.807, 2.05) is 0 Å². The Labute approximate surface area is 82.4 Å². The summed E-state index contributed by atoms with van der Waals surface area (Å²) in [5.41, 5.74) is 1.86. The highest BCUT2D eigenvalue weighted by molar-refractivity contribution is 9.10. The van der Waals surface area contributed by atoms with Crippen molar-refractivity contribution in [3.8, 4) is 0 Å². The minimum Gasteiger partial charge on any atom is -0.288 e. The molecule has 0 bridgehead atoms.